The topological polar surface area (TPSA) is 95.2 Å². The Morgan fingerprint density at radius 3 is 2.76 bits per heavy atom. The molecule has 1 amide bonds. The predicted molar refractivity (Wildman–Crippen MR) is 115 cm³/mol. The fourth-order valence-corrected chi connectivity index (χ4v) is 4.74. The second-order valence-corrected chi connectivity index (χ2v) is 8.57. The standard InChI is InChI=1S/C19H18N4O4S2/c1-11-5-4-8-22-15(11)20-16(21-6-2-3-7-21)12(17(22)26)9-13-18(27)23(10-14(24)25)19(28)29-13/h4-5,8-9H,2-3,6-7,10H2,1H3,(H,24,25)/b13-9+. The fourth-order valence-electron chi connectivity index (χ4n) is 3.50. The van der Waals surface area contributed by atoms with E-state index in [0.29, 0.717) is 17.0 Å². The van der Waals surface area contributed by atoms with Crippen LogP contribution in [0, 0.1) is 6.92 Å². The van der Waals surface area contributed by atoms with Gasteiger partial charge in [-0.15, -0.1) is 0 Å². The van der Waals surface area contributed by atoms with Gasteiger partial charge < -0.3 is 10.0 Å². The summed E-state index contributed by atoms with van der Waals surface area (Å²) in [6, 6.07) is 3.67. The molecule has 4 rings (SSSR count). The molecule has 0 spiro atoms. The molecular weight excluding hydrogens is 412 g/mol. The van der Waals surface area contributed by atoms with Gasteiger partial charge in [-0.05, 0) is 37.5 Å². The Labute approximate surface area is 175 Å². The van der Waals surface area contributed by atoms with Crippen LogP contribution in [-0.4, -0.2) is 55.2 Å². The summed E-state index contributed by atoms with van der Waals surface area (Å²) in [5.74, 6) is -1.11. The molecule has 0 unspecified atom stereocenters. The molecule has 0 saturated carbocycles. The number of hydrogen-bond donors (Lipinski definition) is 1. The van der Waals surface area contributed by atoms with Crippen molar-refractivity contribution in [2.75, 3.05) is 24.5 Å². The smallest absolute Gasteiger partial charge is 0.323 e. The molecule has 1 N–H and O–H groups in total. The number of carboxylic acids is 1. The second-order valence-electron chi connectivity index (χ2n) is 6.89. The van der Waals surface area contributed by atoms with Crippen LogP contribution in [0.2, 0.25) is 0 Å². The normalized spacial score (nSPS) is 18.4. The van der Waals surface area contributed by atoms with Crippen LogP contribution in [0.5, 0.6) is 0 Å². The van der Waals surface area contributed by atoms with Crippen molar-refractivity contribution in [1.82, 2.24) is 14.3 Å². The lowest BCUT2D eigenvalue weighted by Crippen LogP contribution is -2.33. The van der Waals surface area contributed by atoms with E-state index in [2.05, 4.69) is 4.90 Å². The number of anilines is 1. The number of thioether (sulfide) groups is 1. The Kier molecular flexibility index (Phi) is 5.13. The Bertz CT molecular complexity index is 1130. The zero-order valence-electron chi connectivity index (χ0n) is 15.6. The van der Waals surface area contributed by atoms with E-state index in [1.807, 2.05) is 13.0 Å². The van der Waals surface area contributed by atoms with Gasteiger partial charge in [-0.3, -0.25) is 23.7 Å². The Balaban J connectivity index is 1.88. The number of aliphatic carboxylic acids is 1. The first-order chi connectivity index (χ1) is 13.9. The molecule has 0 bridgehead atoms. The summed E-state index contributed by atoms with van der Waals surface area (Å²) in [4.78, 5) is 45.0. The van der Waals surface area contributed by atoms with E-state index in [1.54, 1.807) is 12.3 Å². The average Bonchev–Trinajstić information content (AvgIpc) is 3.29. The molecular formula is C19H18N4O4S2. The number of carboxylic acid groups (broad SMARTS) is 1. The van der Waals surface area contributed by atoms with Gasteiger partial charge in [0.05, 0.1) is 10.5 Å². The van der Waals surface area contributed by atoms with Gasteiger partial charge in [0.2, 0.25) is 0 Å². The number of aryl methyl sites for hydroxylation is 1. The summed E-state index contributed by atoms with van der Waals surface area (Å²) in [7, 11) is 0. The molecule has 10 heteroatoms. The van der Waals surface area contributed by atoms with Gasteiger partial charge in [0, 0.05) is 19.3 Å². The highest BCUT2D eigenvalue weighted by atomic mass is 32.2. The molecule has 2 aromatic rings. The molecule has 2 aliphatic heterocycles. The Morgan fingerprint density at radius 1 is 1.34 bits per heavy atom. The number of thiocarbonyl (C=S) groups is 1. The first kappa shape index (κ1) is 19.6. The lowest BCUT2D eigenvalue weighted by molar-refractivity contribution is -0.140. The van der Waals surface area contributed by atoms with Crippen molar-refractivity contribution >= 4 is 57.7 Å². The van der Waals surface area contributed by atoms with Crippen molar-refractivity contribution < 1.29 is 14.7 Å². The molecule has 8 nitrogen and oxygen atoms in total. The van der Waals surface area contributed by atoms with Crippen molar-refractivity contribution in [2.24, 2.45) is 0 Å². The maximum atomic E-state index is 13.3. The molecule has 2 saturated heterocycles. The van der Waals surface area contributed by atoms with Crippen molar-refractivity contribution in [1.29, 1.82) is 0 Å². The number of carbonyl (C=O) groups excluding carboxylic acids is 1. The lowest BCUT2D eigenvalue weighted by Gasteiger charge is -2.20. The van der Waals surface area contributed by atoms with Crippen LogP contribution in [0.25, 0.3) is 11.7 Å². The highest BCUT2D eigenvalue weighted by molar-refractivity contribution is 8.26. The minimum atomic E-state index is -1.15. The maximum absolute atomic E-state index is 13.3. The summed E-state index contributed by atoms with van der Waals surface area (Å²) in [5.41, 5.74) is 1.49. The molecule has 150 valence electrons. The van der Waals surface area contributed by atoms with Crippen LogP contribution >= 0.6 is 24.0 Å². The SMILES string of the molecule is Cc1cccn2c(=O)c(/C=C3/SC(=S)N(CC(=O)O)C3=O)c(N3CCCC3)nc12. The summed E-state index contributed by atoms with van der Waals surface area (Å²) in [5, 5.41) is 9.01. The summed E-state index contributed by atoms with van der Waals surface area (Å²) >= 11 is 6.15. The number of pyridine rings is 1. The van der Waals surface area contributed by atoms with Gasteiger partial charge in [-0.25, -0.2) is 4.98 Å². The Morgan fingerprint density at radius 2 is 2.07 bits per heavy atom. The molecule has 0 aromatic carbocycles. The van der Waals surface area contributed by atoms with E-state index >= 15 is 0 Å². The first-order valence-electron chi connectivity index (χ1n) is 9.11. The molecule has 2 aromatic heterocycles. The fraction of sp³-hybridized carbons (Fsp3) is 0.316. The molecule has 4 heterocycles. The number of rotatable bonds is 4. The maximum Gasteiger partial charge on any atom is 0.323 e. The van der Waals surface area contributed by atoms with E-state index in [9.17, 15) is 14.4 Å². The van der Waals surface area contributed by atoms with Crippen molar-refractivity contribution in [3.05, 3.63) is 44.7 Å². The summed E-state index contributed by atoms with van der Waals surface area (Å²) in [6.07, 6.45) is 5.17. The van der Waals surface area contributed by atoms with Gasteiger partial charge in [0.15, 0.2) is 0 Å². The van der Waals surface area contributed by atoms with E-state index in [-0.39, 0.29) is 14.8 Å². The molecule has 2 fully saturated rings. The number of amides is 1. The molecule has 0 radical (unpaired) electrons. The van der Waals surface area contributed by atoms with E-state index in [4.69, 9.17) is 22.3 Å². The van der Waals surface area contributed by atoms with Gasteiger partial charge in [-0.2, -0.15) is 0 Å². The monoisotopic (exact) mass is 430 g/mol. The molecule has 0 aliphatic carbocycles. The zero-order chi connectivity index (χ0) is 20.7. The number of aromatic nitrogens is 2. The first-order valence-corrected chi connectivity index (χ1v) is 10.3. The zero-order valence-corrected chi connectivity index (χ0v) is 17.3. The van der Waals surface area contributed by atoms with Crippen LogP contribution in [0.1, 0.15) is 24.0 Å². The lowest BCUT2D eigenvalue weighted by atomic mass is 10.2. The highest BCUT2D eigenvalue weighted by Gasteiger charge is 2.34. The molecule has 29 heavy (non-hydrogen) atoms. The van der Waals surface area contributed by atoms with Gasteiger partial charge >= 0.3 is 5.97 Å². The highest BCUT2D eigenvalue weighted by Crippen LogP contribution is 2.33. The number of nitrogens with zero attached hydrogens (tertiary/aromatic N) is 4. The van der Waals surface area contributed by atoms with E-state index < -0.39 is 18.4 Å². The molecule has 0 atom stereocenters. The quantitative estimate of drug-likeness (QED) is 0.580. The van der Waals surface area contributed by atoms with Crippen LogP contribution in [-0.2, 0) is 9.59 Å². The average molecular weight is 431 g/mol. The van der Waals surface area contributed by atoms with Crippen LogP contribution < -0.4 is 10.5 Å². The van der Waals surface area contributed by atoms with Crippen LogP contribution in [0.3, 0.4) is 0 Å². The van der Waals surface area contributed by atoms with E-state index in [0.717, 1.165) is 48.2 Å². The number of fused-ring (bicyclic) bond motifs is 1. The van der Waals surface area contributed by atoms with Crippen molar-refractivity contribution in [3.8, 4) is 0 Å². The number of hydrogen-bond acceptors (Lipinski definition) is 7. The third-order valence-corrected chi connectivity index (χ3v) is 6.29. The van der Waals surface area contributed by atoms with Gasteiger partial charge in [0.25, 0.3) is 11.5 Å². The number of carbonyl (C=O) groups is 2. The largest absolute Gasteiger partial charge is 0.480 e. The van der Waals surface area contributed by atoms with Crippen molar-refractivity contribution in [2.45, 2.75) is 19.8 Å². The van der Waals surface area contributed by atoms with Gasteiger partial charge in [-0.1, -0.05) is 30.0 Å². The van der Waals surface area contributed by atoms with Gasteiger partial charge in [0.1, 0.15) is 22.3 Å². The van der Waals surface area contributed by atoms with Crippen LogP contribution in [0.4, 0.5) is 5.82 Å². The summed E-state index contributed by atoms with van der Waals surface area (Å²) in [6.45, 7) is 2.96. The predicted octanol–water partition coefficient (Wildman–Crippen LogP) is 1.89. The van der Waals surface area contributed by atoms with E-state index in [1.165, 1.54) is 10.5 Å². The second kappa shape index (κ2) is 7.60. The van der Waals surface area contributed by atoms with Crippen molar-refractivity contribution in [3.63, 3.8) is 0 Å². The molecule has 2 aliphatic rings. The minimum Gasteiger partial charge on any atom is -0.480 e. The third-order valence-electron chi connectivity index (χ3n) is 4.91. The summed E-state index contributed by atoms with van der Waals surface area (Å²) < 4.78 is 1.63. The minimum absolute atomic E-state index is 0.163. The third kappa shape index (κ3) is 3.53. The Hall–Kier alpha value is -2.72. The van der Waals surface area contributed by atoms with Crippen LogP contribution in [0.15, 0.2) is 28.0 Å².